The third-order valence-corrected chi connectivity index (χ3v) is 6.79. The number of methoxy groups -OCH3 is 2. The molecular formula is C17H28O4S. The maximum Gasteiger partial charge on any atom is 0.303 e. The van der Waals surface area contributed by atoms with E-state index in [0.29, 0.717) is 11.8 Å². The molecule has 0 aromatic heterocycles. The van der Waals surface area contributed by atoms with Gasteiger partial charge in [-0.25, -0.2) is 0 Å². The predicted octanol–water partition coefficient (Wildman–Crippen LogP) is 3.71. The molecule has 1 N–H and O–H groups in total. The second-order valence-electron chi connectivity index (χ2n) is 6.25. The summed E-state index contributed by atoms with van der Waals surface area (Å²) >= 11 is 2.16. The first-order chi connectivity index (χ1) is 10.7. The third kappa shape index (κ3) is 4.74. The number of ether oxygens (including phenoxy) is 2. The van der Waals surface area contributed by atoms with E-state index < -0.39 is 5.97 Å². The van der Waals surface area contributed by atoms with Gasteiger partial charge in [-0.15, -0.1) is 0 Å². The molecule has 2 rings (SSSR count). The molecule has 4 nitrogen and oxygen atoms in total. The average molecular weight is 328 g/mol. The van der Waals surface area contributed by atoms with Crippen LogP contribution in [0.15, 0.2) is 12.2 Å². The first-order valence-corrected chi connectivity index (χ1v) is 9.17. The molecule has 22 heavy (non-hydrogen) atoms. The molecule has 0 unspecified atom stereocenters. The molecule has 0 aliphatic carbocycles. The van der Waals surface area contributed by atoms with Gasteiger partial charge in [-0.3, -0.25) is 4.79 Å². The van der Waals surface area contributed by atoms with Crippen molar-refractivity contribution in [1.29, 1.82) is 0 Å². The second-order valence-corrected chi connectivity index (χ2v) is 7.73. The Balaban J connectivity index is 1.80. The Kier molecular flexibility index (Phi) is 7.25. The molecule has 0 aromatic rings. The largest absolute Gasteiger partial charge is 0.481 e. The van der Waals surface area contributed by atoms with E-state index in [4.69, 9.17) is 14.6 Å². The topological polar surface area (TPSA) is 55.8 Å². The van der Waals surface area contributed by atoms with Gasteiger partial charge < -0.3 is 14.6 Å². The van der Waals surface area contributed by atoms with Crippen molar-refractivity contribution in [3.63, 3.8) is 0 Å². The zero-order valence-electron chi connectivity index (χ0n) is 13.6. The summed E-state index contributed by atoms with van der Waals surface area (Å²) in [6, 6.07) is 0. The van der Waals surface area contributed by atoms with Crippen molar-refractivity contribution >= 4 is 17.7 Å². The number of allylic oxidation sites excluding steroid dienone is 2. The third-order valence-electron chi connectivity index (χ3n) is 4.92. The van der Waals surface area contributed by atoms with Crippen LogP contribution in [0.5, 0.6) is 0 Å². The summed E-state index contributed by atoms with van der Waals surface area (Å²) in [6.45, 7) is 0. The maximum atomic E-state index is 10.5. The molecular weight excluding hydrogens is 300 g/mol. The van der Waals surface area contributed by atoms with E-state index in [0.717, 1.165) is 36.2 Å². The van der Waals surface area contributed by atoms with E-state index in [1.165, 1.54) is 12.8 Å². The fourth-order valence-corrected chi connectivity index (χ4v) is 5.80. The van der Waals surface area contributed by atoms with Crippen LogP contribution in [-0.4, -0.2) is 42.1 Å². The number of carbonyl (C=O) groups is 1. The maximum absolute atomic E-state index is 10.5. The summed E-state index contributed by atoms with van der Waals surface area (Å²) in [6.07, 6.45) is 10.9. The van der Waals surface area contributed by atoms with Crippen LogP contribution in [0, 0.1) is 11.8 Å². The van der Waals surface area contributed by atoms with E-state index in [2.05, 4.69) is 23.9 Å². The fourth-order valence-electron chi connectivity index (χ4n) is 3.78. The van der Waals surface area contributed by atoms with Crippen LogP contribution in [-0.2, 0) is 14.3 Å². The molecule has 2 aliphatic heterocycles. The standard InChI is InChI=1S/C17H28O4S/c1-20-17(21-2)11-13-12(14-9-10-15(13)22-14)7-5-3-4-6-8-16(18)19/h3,5,12-15,17H,4,6-11H2,1-2H3,(H,18,19)/t12-,13+,14-,15+/m1/s1. The average Bonchev–Trinajstić information content (AvgIpc) is 3.09. The van der Waals surface area contributed by atoms with Crippen molar-refractivity contribution in [2.45, 2.75) is 61.7 Å². The Hall–Kier alpha value is -0.520. The van der Waals surface area contributed by atoms with Crippen molar-refractivity contribution in [1.82, 2.24) is 0 Å². The van der Waals surface area contributed by atoms with Gasteiger partial charge in [0.05, 0.1) is 0 Å². The molecule has 2 bridgehead atoms. The molecule has 2 fully saturated rings. The van der Waals surface area contributed by atoms with Gasteiger partial charge >= 0.3 is 5.97 Å². The number of aliphatic carboxylic acids is 1. The molecule has 0 saturated carbocycles. The summed E-state index contributed by atoms with van der Waals surface area (Å²) in [5.41, 5.74) is 0. The molecule has 126 valence electrons. The van der Waals surface area contributed by atoms with Gasteiger partial charge in [0.25, 0.3) is 0 Å². The van der Waals surface area contributed by atoms with Gasteiger partial charge in [0.15, 0.2) is 6.29 Å². The van der Waals surface area contributed by atoms with Gasteiger partial charge in [-0.2, -0.15) is 11.8 Å². The van der Waals surface area contributed by atoms with Crippen LogP contribution < -0.4 is 0 Å². The zero-order chi connectivity index (χ0) is 15.9. The van der Waals surface area contributed by atoms with Gasteiger partial charge in [0, 0.05) is 37.6 Å². The van der Waals surface area contributed by atoms with Crippen LogP contribution in [0.1, 0.15) is 44.9 Å². The summed E-state index contributed by atoms with van der Waals surface area (Å²) in [4.78, 5) is 10.5. The molecule has 4 atom stereocenters. The van der Waals surface area contributed by atoms with Crippen molar-refractivity contribution in [2.75, 3.05) is 14.2 Å². The Morgan fingerprint density at radius 3 is 2.55 bits per heavy atom. The number of carboxylic acid groups (broad SMARTS) is 1. The van der Waals surface area contributed by atoms with Crippen molar-refractivity contribution in [3.8, 4) is 0 Å². The van der Waals surface area contributed by atoms with E-state index in [9.17, 15) is 4.79 Å². The van der Waals surface area contributed by atoms with Gasteiger partial charge in [-0.1, -0.05) is 12.2 Å². The number of fused-ring (bicyclic) bond motifs is 2. The highest BCUT2D eigenvalue weighted by molar-refractivity contribution is 8.01. The van der Waals surface area contributed by atoms with Crippen LogP contribution in [0.2, 0.25) is 0 Å². The van der Waals surface area contributed by atoms with Crippen molar-refractivity contribution < 1.29 is 19.4 Å². The van der Waals surface area contributed by atoms with Crippen molar-refractivity contribution in [2.24, 2.45) is 11.8 Å². The Morgan fingerprint density at radius 2 is 1.91 bits per heavy atom. The Morgan fingerprint density at radius 1 is 1.23 bits per heavy atom. The molecule has 0 amide bonds. The smallest absolute Gasteiger partial charge is 0.303 e. The van der Waals surface area contributed by atoms with Crippen LogP contribution >= 0.6 is 11.8 Å². The van der Waals surface area contributed by atoms with Gasteiger partial charge in [-0.05, 0) is 43.9 Å². The van der Waals surface area contributed by atoms with E-state index >= 15 is 0 Å². The predicted molar refractivity (Wildman–Crippen MR) is 89.0 cm³/mol. The minimum Gasteiger partial charge on any atom is -0.481 e. The van der Waals surface area contributed by atoms with Crippen LogP contribution in [0.3, 0.4) is 0 Å². The molecule has 0 radical (unpaired) electrons. The number of thioether (sulfide) groups is 1. The molecule has 0 aromatic carbocycles. The number of unbranched alkanes of at least 4 members (excludes halogenated alkanes) is 1. The van der Waals surface area contributed by atoms with Crippen LogP contribution in [0.25, 0.3) is 0 Å². The Bertz CT molecular complexity index is 381. The number of rotatable bonds is 10. The second kappa shape index (κ2) is 8.94. The molecule has 0 spiro atoms. The molecule has 5 heteroatoms. The van der Waals surface area contributed by atoms with E-state index in [1.54, 1.807) is 14.2 Å². The first kappa shape index (κ1) is 17.8. The lowest BCUT2D eigenvalue weighted by Crippen LogP contribution is -2.31. The van der Waals surface area contributed by atoms with Gasteiger partial charge in [0.1, 0.15) is 0 Å². The number of hydrogen-bond acceptors (Lipinski definition) is 4. The highest BCUT2D eigenvalue weighted by Crippen LogP contribution is 2.55. The lowest BCUT2D eigenvalue weighted by molar-refractivity contribution is -0.137. The van der Waals surface area contributed by atoms with Crippen molar-refractivity contribution in [3.05, 3.63) is 12.2 Å². The molecule has 2 aliphatic rings. The summed E-state index contributed by atoms with van der Waals surface area (Å²) in [5, 5.41) is 10.2. The SMILES string of the molecule is COC(C[C@H]1[C@@H](CC=CCCCC(=O)O)[C@H]2CC[C@@H]1S2)OC. The minimum absolute atomic E-state index is 0.0907. The monoisotopic (exact) mass is 328 g/mol. The quantitative estimate of drug-likeness (QED) is 0.376. The van der Waals surface area contributed by atoms with Crippen LogP contribution in [0.4, 0.5) is 0 Å². The van der Waals surface area contributed by atoms with E-state index in [-0.39, 0.29) is 12.7 Å². The fraction of sp³-hybridized carbons (Fsp3) is 0.824. The Labute approximate surface area is 137 Å². The summed E-state index contributed by atoms with van der Waals surface area (Å²) < 4.78 is 10.8. The lowest BCUT2D eigenvalue weighted by atomic mass is 9.75. The minimum atomic E-state index is -0.705. The molecule has 2 saturated heterocycles. The lowest BCUT2D eigenvalue weighted by Gasteiger charge is -2.31. The highest BCUT2D eigenvalue weighted by Gasteiger charge is 2.48. The summed E-state index contributed by atoms with van der Waals surface area (Å²) in [7, 11) is 3.43. The number of hydrogen-bond donors (Lipinski definition) is 1. The number of carboxylic acids is 1. The van der Waals surface area contributed by atoms with Gasteiger partial charge in [0.2, 0.25) is 0 Å². The zero-order valence-corrected chi connectivity index (χ0v) is 14.4. The summed E-state index contributed by atoms with van der Waals surface area (Å²) in [5.74, 6) is 0.688. The first-order valence-electron chi connectivity index (χ1n) is 8.23. The van der Waals surface area contributed by atoms with E-state index in [1.807, 2.05) is 0 Å². The highest BCUT2D eigenvalue weighted by atomic mass is 32.2. The molecule has 2 heterocycles. The normalized spacial score (nSPS) is 30.7.